The summed E-state index contributed by atoms with van der Waals surface area (Å²) in [6, 6.07) is 3.13. The molecule has 8 nitrogen and oxygen atoms in total. The number of nitrogens with zero attached hydrogens (tertiary/aromatic N) is 3. The van der Waals surface area contributed by atoms with Crippen LogP contribution in [0, 0.1) is 29.4 Å². The Kier molecular flexibility index (Phi) is 6.48. The van der Waals surface area contributed by atoms with Crippen molar-refractivity contribution in [3.8, 4) is 0 Å². The first-order valence-electron chi connectivity index (χ1n) is 12.7. The number of hydrogen-bond acceptors (Lipinski definition) is 6. The van der Waals surface area contributed by atoms with E-state index in [0.717, 1.165) is 44.5 Å². The van der Waals surface area contributed by atoms with E-state index in [-0.39, 0.29) is 42.5 Å². The fraction of sp³-hybridized carbons (Fsp3) is 0.577. The monoisotopic (exact) mass is 502 g/mol. The molecule has 5 rings (SSSR count). The van der Waals surface area contributed by atoms with Crippen LogP contribution in [0.15, 0.2) is 29.7 Å². The number of halogens is 2. The van der Waals surface area contributed by atoms with Crippen molar-refractivity contribution in [1.29, 1.82) is 0 Å². The van der Waals surface area contributed by atoms with E-state index in [9.17, 15) is 28.3 Å². The molecule has 2 amide bonds. The molecule has 36 heavy (non-hydrogen) atoms. The minimum atomic E-state index is -1.24. The Bertz CT molecular complexity index is 1120. The molecule has 0 bridgehead atoms. The molecule has 194 valence electrons. The molecular weight excluding hydrogens is 470 g/mol. The maximum atomic E-state index is 14.0. The third kappa shape index (κ3) is 4.25. The first-order valence-corrected chi connectivity index (χ1v) is 12.7. The van der Waals surface area contributed by atoms with Gasteiger partial charge in [0.15, 0.2) is 5.76 Å². The Morgan fingerprint density at radius 1 is 1.17 bits per heavy atom. The van der Waals surface area contributed by atoms with Gasteiger partial charge in [-0.3, -0.25) is 19.3 Å². The van der Waals surface area contributed by atoms with E-state index in [0.29, 0.717) is 18.4 Å². The predicted molar refractivity (Wildman–Crippen MR) is 126 cm³/mol. The van der Waals surface area contributed by atoms with Gasteiger partial charge < -0.3 is 20.2 Å². The molecule has 2 unspecified atom stereocenters. The number of aliphatic hydroxyl groups excluding tert-OH is 1. The Morgan fingerprint density at radius 3 is 2.67 bits per heavy atom. The normalized spacial score (nSPS) is 28.4. The van der Waals surface area contributed by atoms with Crippen molar-refractivity contribution in [1.82, 2.24) is 20.0 Å². The first-order chi connectivity index (χ1) is 17.2. The fourth-order valence-corrected chi connectivity index (χ4v) is 6.29. The molecule has 0 radical (unpaired) electrons. The van der Waals surface area contributed by atoms with Gasteiger partial charge in [0.05, 0.1) is 6.54 Å². The van der Waals surface area contributed by atoms with Gasteiger partial charge in [0.25, 0.3) is 5.91 Å². The molecule has 3 aliphatic heterocycles. The second kappa shape index (κ2) is 9.46. The third-order valence-electron chi connectivity index (χ3n) is 7.89. The molecule has 3 heterocycles. The van der Waals surface area contributed by atoms with Crippen LogP contribution in [0.5, 0.6) is 0 Å². The Morgan fingerprint density at radius 2 is 1.94 bits per heavy atom. The average molecular weight is 503 g/mol. The number of amides is 2. The molecule has 1 aliphatic carbocycles. The lowest BCUT2D eigenvalue weighted by atomic mass is 9.89. The lowest BCUT2D eigenvalue weighted by Gasteiger charge is -2.56. The van der Waals surface area contributed by atoms with Gasteiger partial charge in [0.1, 0.15) is 29.4 Å². The van der Waals surface area contributed by atoms with Crippen LogP contribution >= 0.6 is 0 Å². The number of allylic oxidation sites excluding steroid dienone is 1. The summed E-state index contributed by atoms with van der Waals surface area (Å²) < 4.78 is 27.1. The maximum Gasteiger partial charge on any atom is 0.275 e. The summed E-state index contributed by atoms with van der Waals surface area (Å²) >= 11 is 0. The van der Waals surface area contributed by atoms with E-state index in [4.69, 9.17) is 0 Å². The molecule has 1 aromatic carbocycles. The zero-order valence-corrected chi connectivity index (χ0v) is 20.5. The number of ketones is 1. The largest absolute Gasteiger partial charge is 0.503 e. The minimum Gasteiger partial charge on any atom is -0.503 e. The number of piperazine rings is 1. The predicted octanol–water partition coefficient (Wildman–Crippen LogP) is 2.16. The van der Waals surface area contributed by atoms with Crippen LogP contribution in [0.1, 0.15) is 38.7 Å². The zero-order chi connectivity index (χ0) is 25.7. The highest BCUT2D eigenvalue weighted by Crippen LogP contribution is 2.41. The Hall–Kier alpha value is -3.01. The van der Waals surface area contributed by atoms with Gasteiger partial charge in [0.2, 0.25) is 11.7 Å². The van der Waals surface area contributed by atoms with E-state index in [1.165, 1.54) is 6.07 Å². The van der Waals surface area contributed by atoms with Crippen LogP contribution in [-0.2, 0) is 20.9 Å². The summed E-state index contributed by atoms with van der Waals surface area (Å²) in [6.45, 7) is 6.12. The number of rotatable bonds is 5. The molecule has 2 N–H and O–H groups in total. The molecule has 0 spiro atoms. The topological polar surface area (TPSA) is 93.2 Å². The van der Waals surface area contributed by atoms with Crippen molar-refractivity contribution < 1.29 is 28.3 Å². The summed E-state index contributed by atoms with van der Waals surface area (Å²) in [7, 11) is 0. The van der Waals surface area contributed by atoms with E-state index >= 15 is 0 Å². The molecular formula is C26H32F2N4O4. The fourth-order valence-electron chi connectivity index (χ4n) is 6.29. The second-order valence-electron chi connectivity index (χ2n) is 10.8. The lowest BCUT2D eigenvalue weighted by molar-refractivity contribution is -0.159. The van der Waals surface area contributed by atoms with Crippen LogP contribution in [0.25, 0.3) is 0 Å². The summed E-state index contributed by atoms with van der Waals surface area (Å²) in [5.74, 6) is -4.52. The van der Waals surface area contributed by atoms with Crippen LogP contribution in [0.4, 0.5) is 8.78 Å². The van der Waals surface area contributed by atoms with Crippen molar-refractivity contribution in [3.63, 3.8) is 0 Å². The molecule has 1 saturated carbocycles. The van der Waals surface area contributed by atoms with Gasteiger partial charge in [-0.1, -0.05) is 26.3 Å². The SMILES string of the molecule is CC(C)CN1CC2CCC[C@@H]2N2C(=O)C3=C(O)C(=O)C(C(=O)NCc4ccc(F)cc4F)CN3C[C@@H]12. The van der Waals surface area contributed by atoms with Crippen molar-refractivity contribution in [2.24, 2.45) is 17.8 Å². The molecule has 1 aromatic rings. The number of benzene rings is 1. The highest BCUT2D eigenvalue weighted by molar-refractivity contribution is 6.13. The summed E-state index contributed by atoms with van der Waals surface area (Å²) in [5.41, 5.74) is 0.0526. The minimum absolute atomic E-state index is 0.0260. The molecule has 4 atom stereocenters. The number of aliphatic hydroxyl groups is 1. The van der Waals surface area contributed by atoms with Crippen molar-refractivity contribution in [2.45, 2.75) is 51.9 Å². The third-order valence-corrected chi connectivity index (χ3v) is 7.89. The number of carbonyl (C=O) groups excluding carboxylic acids is 3. The Balaban J connectivity index is 1.38. The summed E-state index contributed by atoms with van der Waals surface area (Å²) in [6.07, 6.45) is 2.82. The molecule has 0 aromatic heterocycles. The van der Waals surface area contributed by atoms with Gasteiger partial charge in [0, 0.05) is 43.9 Å². The zero-order valence-electron chi connectivity index (χ0n) is 20.5. The van der Waals surface area contributed by atoms with Gasteiger partial charge >= 0.3 is 0 Å². The molecule has 3 fully saturated rings. The number of carbonyl (C=O) groups is 3. The van der Waals surface area contributed by atoms with E-state index < -0.39 is 35.0 Å². The van der Waals surface area contributed by atoms with Gasteiger partial charge in [-0.2, -0.15) is 0 Å². The van der Waals surface area contributed by atoms with Crippen molar-refractivity contribution in [3.05, 3.63) is 46.9 Å². The standard InChI is InChI=1S/C26H32F2N4O4/c1-14(2)10-30-11-16-4-3-5-20(16)32-21(30)13-31-12-18(23(33)24(34)22(31)26(32)36)25(35)29-9-15-6-7-17(27)8-19(15)28/h6-8,14,16,18,20-21,34H,3-5,9-13H2,1-2H3,(H,29,35)/t16?,18?,20-,21-/m0/s1. The van der Waals surface area contributed by atoms with Crippen molar-refractivity contribution >= 4 is 17.6 Å². The van der Waals surface area contributed by atoms with E-state index in [1.54, 1.807) is 4.90 Å². The van der Waals surface area contributed by atoms with Crippen LogP contribution in [0.3, 0.4) is 0 Å². The van der Waals surface area contributed by atoms with Gasteiger partial charge in [-0.25, -0.2) is 8.78 Å². The quantitative estimate of drug-likeness (QED) is 0.600. The highest BCUT2D eigenvalue weighted by Gasteiger charge is 2.53. The van der Waals surface area contributed by atoms with Gasteiger partial charge in [-0.15, -0.1) is 0 Å². The number of hydrogen-bond donors (Lipinski definition) is 2. The van der Waals surface area contributed by atoms with Crippen LogP contribution in [-0.4, -0.2) is 75.8 Å². The molecule has 4 aliphatic rings. The first kappa shape index (κ1) is 24.7. The van der Waals surface area contributed by atoms with Crippen molar-refractivity contribution in [2.75, 3.05) is 26.2 Å². The average Bonchev–Trinajstić information content (AvgIpc) is 3.28. The highest BCUT2D eigenvalue weighted by atomic mass is 19.1. The molecule has 10 heteroatoms. The maximum absolute atomic E-state index is 14.0. The smallest absolute Gasteiger partial charge is 0.275 e. The number of Topliss-reactive ketones (excluding diaryl/α,β-unsaturated/α-hetero) is 1. The number of fused-ring (bicyclic) bond motifs is 4. The van der Waals surface area contributed by atoms with E-state index in [2.05, 4.69) is 24.1 Å². The number of nitrogens with one attached hydrogen (secondary N) is 1. The Labute approximate surface area is 208 Å². The van der Waals surface area contributed by atoms with Crippen LogP contribution in [0.2, 0.25) is 0 Å². The summed E-state index contributed by atoms with van der Waals surface area (Å²) in [5, 5.41) is 13.3. The van der Waals surface area contributed by atoms with E-state index in [1.807, 2.05) is 4.90 Å². The summed E-state index contributed by atoms with van der Waals surface area (Å²) in [4.78, 5) is 45.4. The van der Waals surface area contributed by atoms with Gasteiger partial charge in [-0.05, 0) is 30.7 Å². The lowest BCUT2D eigenvalue weighted by Crippen LogP contribution is -2.70. The van der Waals surface area contributed by atoms with Crippen LogP contribution < -0.4 is 5.32 Å². The molecule has 2 saturated heterocycles. The second-order valence-corrected chi connectivity index (χ2v) is 10.8.